The molecule has 5 nitrogen and oxygen atoms in total. The lowest BCUT2D eigenvalue weighted by Crippen LogP contribution is -2.16. The highest BCUT2D eigenvalue weighted by atomic mass is 32.1. The first-order chi connectivity index (χ1) is 10.5. The lowest BCUT2D eigenvalue weighted by Gasteiger charge is -2.05. The average molecular weight is 319 g/mol. The van der Waals surface area contributed by atoms with Crippen molar-refractivity contribution in [3.63, 3.8) is 0 Å². The summed E-state index contributed by atoms with van der Waals surface area (Å²) in [5.74, 6) is -1.01. The maximum atomic E-state index is 11.9. The van der Waals surface area contributed by atoms with Crippen LogP contribution in [-0.2, 0) is 16.0 Å². The predicted octanol–water partition coefficient (Wildman–Crippen LogP) is 3.04. The first-order valence-corrected chi connectivity index (χ1v) is 7.71. The average Bonchev–Trinajstić information content (AvgIpc) is 2.95. The van der Waals surface area contributed by atoms with Gasteiger partial charge in [0.15, 0.2) is 0 Å². The van der Waals surface area contributed by atoms with Crippen LogP contribution in [-0.4, -0.2) is 29.0 Å². The summed E-state index contributed by atoms with van der Waals surface area (Å²) in [6.45, 7) is 1.53. The summed E-state index contributed by atoms with van der Waals surface area (Å²) in [6.07, 6.45) is 0.181. The molecule has 0 spiro atoms. The topological polar surface area (TPSA) is 76.5 Å². The Balaban J connectivity index is 2.09. The molecule has 1 N–H and O–H groups in total. The third-order valence-electron chi connectivity index (χ3n) is 3.22. The number of aliphatic carboxylic acids is 1. The van der Waals surface area contributed by atoms with Gasteiger partial charge in [-0.3, -0.25) is 9.59 Å². The molecule has 0 saturated carbocycles. The maximum Gasteiger partial charge on any atom is 0.306 e. The number of Topliss-reactive ketones (excluding diaryl/α,β-unsaturated/α-hetero) is 1. The predicted molar refractivity (Wildman–Crippen MR) is 84.2 cm³/mol. The van der Waals surface area contributed by atoms with Crippen molar-refractivity contribution in [3.8, 4) is 16.3 Å². The molecule has 6 heteroatoms. The zero-order valence-corrected chi connectivity index (χ0v) is 13.2. The largest absolute Gasteiger partial charge is 0.496 e. The van der Waals surface area contributed by atoms with Crippen molar-refractivity contribution in [2.45, 2.75) is 19.8 Å². The minimum atomic E-state index is -0.957. The second-order valence-electron chi connectivity index (χ2n) is 5.00. The van der Waals surface area contributed by atoms with Gasteiger partial charge in [-0.1, -0.05) is 19.1 Å². The van der Waals surface area contributed by atoms with Crippen LogP contribution in [0, 0.1) is 5.92 Å². The van der Waals surface area contributed by atoms with Crippen LogP contribution in [0.5, 0.6) is 5.75 Å². The fourth-order valence-electron chi connectivity index (χ4n) is 2.04. The summed E-state index contributed by atoms with van der Waals surface area (Å²) in [5.41, 5.74) is 1.54. The van der Waals surface area contributed by atoms with Crippen molar-refractivity contribution in [2.24, 2.45) is 5.92 Å². The number of thiazole rings is 1. The molecule has 116 valence electrons. The Labute approximate surface area is 132 Å². The van der Waals surface area contributed by atoms with Gasteiger partial charge in [0.1, 0.15) is 16.5 Å². The molecule has 0 fully saturated rings. The molecule has 0 amide bonds. The Hall–Kier alpha value is -2.21. The van der Waals surface area contributed by atoms with E-state index in [0.717, 1.165) is 16.3 Å². The van der Waals surface area contributed by atoms with Gasteiger partial charge >= 0.3 is 5.97 Å². The highest BCUT2D eigenvalue weighted by molar-refractivity contribution is 7.13. The van der Waals surface area contributed by atoms with E-state index in [1.165, 1.54) is 18.3 Å². The molecule has 1 atom stereocenters. The SMILES string of the molecule is COc1ccccc1-c1nc(CC(=O)C[C@@H](C)C(=O)O)cs1. The zero-order chi connectivity index (χ0) is 16.1. The van der Waals surface area contributed by atoms with E-state index in [-0.39, 0.29) is 18.6 Å². The Kier molecular flexibility index (Phi) is 5.27. The Morgan fingerprint density at radius 2 is 2.09 bits per heavy atom. The van der Waals surface area contributed by atoms with E-state index >= 15 is 0 Å². The number of hydrogen-bond donors (Lipinski definition) is 1. The van der Waals surface area contributed by atoms with Gasteiger partial charge in [-0.05, 0) is 12.1 Å². The van der Waals surface area contributed by atoms with E-state index in [1.807, 2.05) is 29.6 Å². The van der Waals surface area contributed by atoms with E-state index in [1.54, 1.807) is 7.11 Å². The fourth-order valence-corrected chi connectivity index (χ4v) is 2.89. The van der Waals surface area contributed by atoms with E-state index < -0.39 is 11.9 Å². The van der Waals surface area contributed by atoms with Crippen molar-refractivity contribution in [3.05, 3.63) is 35.3 Å². The molecule has 0 unspecified atom stereocenters. The molecule has 0 bridgehead atoms. The summed E-state index contributed by atoms with van der Waals surface area (Å²) in [7, 11) is 1.60. The Morgan fingerprint density at radius 3 is 2.77 bits per heavy atom. The number of ether oxygens (including phenoxy) is 1. The van der Waals surface area contributed by atoms with E-state index in [4.69, 9.17) is 9.84 Å². The smallest absolute Gasteiger partial charge is 0.306 e. The molecule has 2 rings (SSSR count). The van der Waals surface area contributed by atoms with Crippen LogP contribution >= 0.6 is 11.3 Å². The number of ketones is 1. The normalized spacial score (nSPS) is 11.9. The van der Waals surface area contributed by atoms with E-state index in [2.05, 4.69) is 4.98 Å². The molecule has 2 aromatic rings. The van der Waals surface area contributed by atoms with Crippen LogP contribution in [0.3, 0.4) is 0 Å². The molecule has 0 saturated heterocycles. The molecule has 0 radical (unpaired) electrons. The van der Waals surface area contributed by atoms with Crippen molar-refractivity contribution in [1.82, 2.24) is 4.98 Å². The van der Waals surface area contributed by atoms with Gasteiger partial charge in [-0.25, -0.2) is 4.98 Å². The maximum absolute atomic E-state index is 11.9. The number of methoxy groups -OCH3 is 1. The molecule has 1 aromatic heterocycles. The van der Waals surface area contributed by atoms with Gasteiger partial charge in [0, 0.05) is 18.2 Å². The van der Waals surface area contributed by atoms with Crippen LogP contribution in [0.4, 0.5) is 0 Å². The zero-order valence-electron chi connectivity index (χ0n) is 12.4. The molecule has 0 aliphatic heterocycles. The monoisotopic (exact) mass is 319 g/mol. The Morgan fingerprint density at radius 1 is 1.36 bits per heavy atom. The molecule has 1 heterocycles. The van der Waals surface area contributed by atoms with Crippen LogP contribution in [0.15, 0.2) is 29.6 Å². The van der Waals surface area contributed by atoms with Crippen LogP contribution in [0.1, 0.15) is 19.0 Å². The summed E-state index contributed by atoms with van der Waals surface area (Å²) in [6, 6.07) is 7.55. The first kappa shape index (κ1) is 16.2. The number of carbonyl (C=O) groups excluding carboxylic acids is 1. The molecule has 0 aliphatic rings. The number of rotatable bonds is 7. The minimum absolute atomic E-state index is 0.0247. The quantitative estimate of drug-likeness (QED) is 0.849. The molecule has 1 aromatic carbocycles. The number of carboxylic acid groups (broad SMARTS) is 1. The number of carbonyl (C=O) groups is 2. The third kappa shape index (κ3) is 3.92. The lowest BCUT2D eigenvalue weighted by molar-refractivity contribution is -0.143. The van der Waals surface area contributed by atoms with Crippen molar-refractivity contribution < 1.29 is 19.4 Å². The number of aromatic nitrogens is 1. The second-order valence-corrected chi connectivity index (χ2v) is 5.86. The number of para-hydroxylation sites is 1. The number of nitrogens with zero attached hydrogens (tertiary/aromatic N) is 1. The first-order valence-electron chi connectivity index (χ1n) is 6.83. The summed E-state index contributed by atoms with van der Waals surface area (Å²) in [5, 5.41) is 11.4. The van der Waals surface area contributed by atoms with Gasteiger partial charge in [0.2, 0.25) is 0 Å². The van der Waals surface area contributed by atoms with Crippen molar-refractivity contribution in [1.29, 1.82) is 0 Å². The van der Waals surface area contributed by atoms with Crippen LogP contribution in [0.25, 0.3) is 10.6 Å². The van der Waals surface area contributed by atoms with Crippen molar-refractivity contribution >= 4 is 23.1 Å². The van der Waals surface area contributed by atoms with Gasteiger partial charge in [0.25, 0.3) is 0 Å². The summed E-state index contributed by atoms with van der Waals surface area (Å²) in [4.78, 5) is 27.1. The summed E-state index contributed by atoms with van der Waals surface area (Å²) < 4.78 is 5.30. The van der Waals surface area contributed by atoms with Gasteiger partial charge in [0.05, 0.1) is 24.3 Å². The molecule has 0 aliphatic carbocycles. The van der Waals surface area contributed by atoms with Crippen LogP contribution in [0.2, 0.25) is 0 Å². The van der Waals surface area contributed by atoms with Crippen molar-refractivity contribution in [2.75, 3.05) is 7.11 Å². The number of carboxylic acids is 1. The second kappa shape index (κ2) is 7.17. The highest BCUT2D eigenvalue weighted by Crippen LogP contribution is 2.32. The summed E-state index contributed by atoms with van der Waals surface area (Å²) >= 11 is 1.44. The fraction of sp³-hybridized carbons (Fsp3) is 0.312. The molecular formula is C16H17NO4S. The van der Waals surface area contributed by atoms with Gasteiger partial charge in [-0.15, -0.1) is 11.3 Å². The molecule has 22 heavy (non-hydrogen) atoms. The Bertz CT molecular complexity index is 680. The molecular weight excluding hydrogens is 302 g/mol. The highest BCUT2D eigenvalue weighted by Gasteiger charge is 2.17. The van der Waals surface area contributed by atoms with E-state index in [0.29, 0.717) is 5.69 Å². The third-order valence-corrected chi connectivity index (χ3v) is 4.15. The van der Waals surface area contributed by atoms with Crippen LogP contribution < -0.4 is 4.74 Å². The number of hydrogen-bond acceptors (Lipinski definition) is 5. The van der Waals surface area contributed by atoms with E-state index in [9.17, 15) is 9.59 Å². The van der Waals surface area contributed by atoms with Gasteiger partial charge in [-0.2, -0.15) is 0 Å². The van der Waals surface area contributed by atoms with Gasteiger partial charge < -0.3 is 9.84 Å². The number of benzene rings is 1. The lowest BCUT2D eigenvalue weighted by atomic mass is 10.0. The standard InChI is InChI=1S/C16H17NO4S/c1-10(16(19)20)7-12(18)8-11-9-22-15(17-11)13-5-3-4-6-14(13)21-2/h3-6,9-10H,7-8H2,1-2H3,(H,19,20)/t10-/m1/s1. The minimum Gasteiger partial charge on any atom is -0.496 e.